The molecule has 0 atom stereocenters. The van der Waals surface area contributed by atoms with E-state index in [0.717, 1.165) is 17.1 Å². The molecule has 2 aliphatic rings. The molecule has 2 fully saturated rings. The van der Waals surface area contributed by atoms with Gasteiger partial charge in [0.1, 0.15) is 0 Å². The van der Waals surface area contributed by atoms with Crippen molar-refractivity contribution in [2.45, 2.75) is 26.2 Å². The molecule has 0 aliphatic carbocycles. The minimum atomic E-state index is -3.66. The van der Waals surface area contributed by atoms with Gasteiger partial charge >= 0.3 is 0 Å². The molecular formula is C16H19ClN2O4S. The van der Waals surface area contributed by atoms with Gasteiger partial charge in [0.05, 0.1) is 22.0 Å². The first-order valence-electron chi connectivity index (χ1n) is 7.94. The summed E-state index contributed by atoms with van der Waals surface area (Å²) < 4.78 is 24.9. The molecule has 2 saturated heterocycles. The molecule has 2 heterocycles. The third-order valence-corrected chi connectivity index (χ3v) is 6.58. The highest BCUT2D eigenvalue weighted by Gasteiger charge is 2.37. The summed E-state index contributed by atoms with van der Waals surface area (Å²) in [6, 6.07) is 4.33. The molecule has 130 valence electrons. The Morgan fingerprint density at radius 3 is 2.50 bits per heavy atom. The second-order valence-electron chi connectivity index (χ2n) is 6.36. The van der Waals surface area contributed by atoms with Crippen molar-refractivity contribution in [2.24, 2.45) is 5.92 Å². The van der Waals surface area contributed by atoms with Crippen LogP contribution in [0.1, 0.15) is 36.5 Å². The Labute approximate surface area is 146 Å². The normalized spacial score (nSPS) is 21.3. The lowest BCUT2D eigenvalue weighted by molar-refractivity contribution is -0.116. The van der Waals surface area contributed by atoms with Gasteiger partial charge < -0.3 is 4.90 Å². The molecule has 0 spiro atoms. The molecule has 2 amide bonds. The number of halogens is 1. The first-order valence-corrected chi connectivity index (χ1v) is 9.93. The zero-order valence-corrected chi connectivity index (χ0v) is 14.9. The molecule has 0 bridgehead atoms. The number of hydrogen-bond acceptors (Lipinski definition) is 4. The molecule has 0 N–H and O–H groups in total. The van der Waals surface area contributed by atoms with Gasteiger partial charge in [0.15, 0.2) is 0 Å². The first kappa shape index (κ1) is 17.2. The van der Waals surface area contributed by atoms with Crippen molar-refractivity contribution in [3.05, 3.63) is 28.8 Å². The number of rotatable bonds is 2. The van der Waals surface area contributed by atoms with Gasteiger partial charge in [-0.3, -0.25) is 9.59 Å². The second-order valence-corrected chi connectivity index (χ2v) is 8.71. The fourth-order valence-electron chi connectivity index (χ4n) is 3.05. The molecule has 24 heavy (non-hydrogen) atoms. The lowest BCUT2D eigenvalue weighted by atomic mass is 9.98. The fourth-order valence-corrected chi connectivity index (χ4v) is 4.70. The van der Waals surface area contributed by atoms with Crippen molar-refractivity contribution >= 4 is 39.1 Å². The number of sulfonamides is 1. The predicted octanol–water partition coefficient (Wildman–Crippen LogP) is 2.28. The number of carbonyl (C=O) groups excluding carboxylic acids is 2. The minimum Gasteiger partial charge on any atom is -0.339 e. The van der Waals surface area contributed by atoms with Crippen molar-refractivity contribution in [1.82, 2.24) is 4.90 Å². The summed E-state index contributed by atoms with van der Waals surface area (Å²) in [5.74, 6) is -0.328. The third kappa shape index (κ3) is 3.15. The maximum absolute atomic E-state index is 12.7. The van der Waals surface area contributed by atoms with Crippen molar-refractivity contribution in [1.29, 1.82) is 0 Å². The summed E-state index contributed by atoms with van der Waals surface area (Å²) in [5.41, 5.74) is 0.411. The van der Waals surface area contributed by atoms with Gasteiger partial charge in [-0.1, -0.05) is 18.5 Å². The van der Waals surface area contributed by atoms with Crippen LogP contribution in [0, 0.1) is 5.92 Å². The van der Waals surface area contributed by atoms with Crippen LogP contribution in [-0.2, 0) is 14.8 Å². The first-order chi connectivity index (χ1) is 11.3. The number of hydrogen-bond donors (Lipinski definition) is 0. The van der Waals surface area contributed by atoms with Gasteiger partial charge in [0, 0.05) is 19.5 Å². The van der Waals surface area contributed by atoms with Gasteiger partial charge in [-0.25, -0.2) is 12.7 Å². The van der Waals surface area contributed by atoms with Gasteiger partial charge in [-0.15, -0.1) is 0 Å². The average molecular weight is 371 g/mol. The van der Waals surface area contributed by atoms with Crippen LogP contribution >= 0.6 is 11.6 Å². The molecular weight excluding hydrogens is 352 g/mol. The number of likely N-dealkylation sites (tertiary alicyclic amines) is 1. The summed E-state index contributed by atoms with van der Waals surface area (Å²) in [6.45, 7) is 3.46. The van der Waals surface area contributed by atoms with E-state index in [9.17, 15) is 18.0 Å². The molecule has 8 heteroatoms. The molecule has 1 aromatic carbocycles. The van der Waals surface area contributed by atoms with E-state index in [1.807, 2.05) is 0 Å². The smallest absolute Gasteiger partial charge is 0.255 e. The van der Waals surface area contributed by atoms with Crippen molar-refractivity contribution < 1.29 is 18.0 Å². The topological polar surface area (TPSA) is 74.8 Å². The average Bonchev–Trinajstić information content (AvgIpc) is 2.81. The lowest BCUT2D eigenvalue weighted by Gasteiger charge is -2.30. The number of anilines is 1. The summed E-state index contributed by atoms with van der Waals surface area (Å²) in [5, 5.41) is 0.256. The Kier molecular flexibility index (Phi) is 4.57. The van der Waals surface area contributed by atoms with Crippen LogP contribution in [0.3, 0.4) is 0 Å². The Hall–Kier alpha value is -1.60. The van der Waals surface area contributed by atoms with Crippen LogP contribution in [0.4, 0.5) is 5.69 Å². The largest absolute Gasteiger partial charge is 0.339 e. The molecule has 2 aliphatic heterocycles. The highest BCUT2D eigenvalue weighted by atomic mass is 35.5. The van der Waals surface area contributed by atoms with Crippen LogP contribution in [0.2, 0.25) is 5.02 Å². The van der Waals surface area contributed by atoms with Gasteiger partial charge in [0.2, 0.25) is 15.9 Å². The quantitative estimate of drug-likeness (QED) is 0.800. The molecule has 0 unspecified atom stereocenters. The standard InChI is InChI=1S/C16H19ClN2O4S/c1-11-4-7-18(8-5-11)16(21)13-10-12(2-3-14(13)17)19-15(20)6-9-24(19,22)23/h2-3,10-11H,4-9H2,1H3. The third-order valence-electron chi connectivity index (χ3n) is 4.56. The zero-order chi connectivity index (χ0) is 17.5. The molecule has 0 aromatic heterocycles. The Balaban J connectivity index is 1.92. The number of piperidine rings is 1. The maximum atomic E-state index is 12.7. The zero-order valence-electron chi connectivity index (χ0n) is 13.4. The second kappa shape index (κ2) is 6.37. The van der Waals surface area contributed by atoms with E-state index >= 15 is 0 Å². The molecule has 6 nitrogen and oxygen atoms in total. The number of amides is 2. The Morgan fingerprint density at radius 2 is 1.92 bits per heavy atom. The van der Waals surface area contributed by atoms with E-state index in [4.69, 9.17) is 11.6 Å². The van der Waals surface area contributed by atoms with E-state index in [-0.39, 0.29) is 34.4 Å². The SMILES string of the molecule is CC1CCN(C(=O)c2cc(N3C(=O)CCS3(=O)=O)ccc2Cl)CC1. The van der Waals surface area contributed by atoms with E-state index in [2.05, 4.69) is 6.92 Å². The Bertz CT molecular complexity index is 785. The summed E-state index contributed by atoms with van der Waals surface area (Å²) in [6.07, 6.45) is 1.82. The van der Waals surface area contributed by atoms with Gasteiger partial charge in [-0.05, 0) is 37.0 Å². The molecule has 1 aromatic rings. The summed E-state index contributed by atoms with van der Waals surface area (Å²) >= 11 is 6.15. The van der Waals surface area contributed by atoms with Gasteiger partial charge in [-0.2, -0.15) is 0 Å². The molecule has 0 saturated carbocycles. The monoisotopic (exact) mass is 370 g/mol. The van der Waals surface area contributed by atoms with Crippen molar-refractivity contribution in [3.63, 3.8) is 0 Å². The number of nitrogens with zero attached hydrogens (tertiary/aromatic N) is 2. The molecule has 3 rings (SSSR count). The van der Waals surface area contributed by atoms with Crippen molar-refractivity contribution in [3.8, 4) is 0 Å². The lowest BCUT2D eigenvalue weighted by Crippen LogP contribution is -2.38. The van der Waals surface area contributed by atoms with E-state index in [1.165, 1.54) is 18.2 Å². The van der Waals surface area contributed by atoms with E-state index < -0.39 is 15.9 Å². The van der Waals surface area contributed by atoms with E-state index in [0.29, 0.717) is 19.0 Å². The number of benzene rings is 1. The highest BCUT2D eigenvalue weighted by molar-refractivity contribution is 7.94. The van der Waals surface area contributed by atoms with Crippen LogP contribution in [0.25, 0.3) is 0 Å². The van der Waals surface area contributed by atoms with E-state index in [1.54, 1.807) is 4.90 Å². The summed E-state index contributed by atoms with van der Waals surface area (Å²) in [7, 11) is -3.66. The predicted molar refractivity (Wildman–Crippen MR) is 91.6 cm³/mol. The molecule has 0 radical (unpaired) electrons. The number of carbonyl (C=O) groups is 2. The van der Waals surface area contributed by atoms with Crippen LogP contribution in [-0.4, -0.2) is 44.0 Å². The fraction of sp³-hybridized carbons (Fsp3) is 0.500. The van der Waals surface area contributed by atoms with Crippen molar-refractivity contribution in [2.75, 3.05) is 23.1 Å². The minimum absolute atomic E-state index is 0.0434. The Morgan fingerprint density at radius 1 is 1.25 bits per heavy atom. The highest BCUT2D eigenvalue weighted by Crippen LogP contribution is 2.30. The van der Waals surface area contributed by atoms with Crippen LogP contribution in [0.5, 0.6) is 0 Å². The van der Waals surface area contributed by atoms with Gasteiger partial charge in [0.25, 0.3) is 5.91 Å². The van der Waals surface area contributed by atoms with Crippen LogP contribution < -0.4 is 4.31 Å². The maximum Gasteiger partial charge on any atom is 0.255 e. The summed E-state index contributed by atoms with van der Waals surface area (Å²) in [4.78, 5) is 26.4. The van der Waals surface area contributed by atoms with Crippen LogP contribution in [0.15, 0.2) is 18.2 Å².